The number of piperidine rings is 1. The van der Waals surface area contributed by atoms with Gasteiger partial charge in [-0.1, -0.05) is 55.0 Å². The summed E-state index contributed by atoms with van der Waals surface area (Å²) in [6, 6.07) is 15.4. The van der Waals surface area contributed by atoms with Crippen LogP contribution in [0.1, 0.15) is 19.3 Å². The Labute approximate surface area is 157 Å². The summed E-state index contributed by atoms with van der Waals surface area (Å²) >= 11 is 0. The van der Waals surface area contributed by atoms with Crippen molar-refractivity contribution in [2.45, 2.75) is 25.8 Å². The fourth-order valence-corrected chi connectivity index (χ4v) is 4.14. The normalized spacial score (nSPS) is 15.7. The predicted octanol–water partition coefficient (Wildman–Crippen LogP) is 3.58. The molecule has 136 valence electrons. The molecule has 1 saturated heterocycles. The Kier molecular flexibility index (Phi) is 4.09. The van der Waals surface area contributed by atoms with E-state index in [1.54, 1.807) is 0 Å². The molecule has 2 heterocycles. The third kappa shape index (κ3) is 2.88. The van der Waals surface area contributed by atoms with Crippen molar-refractivity contribution in [1.29, 1.82) is 0 Å². The Morgan fingerprint density at radius 1 is 0.704 bits per heavy atom. The summed E-state index contributed by atoms with van der Waals surface area (Å²) in [5, 5.41) is 12.7. The lowest BCUT2D eigenvalue weighted by atomic mass is 10.1. The van der Waals surface area contributed by atoms with E-state index in [2.05, 4.69) is 4.90 Å². The molecule has 5 nitrogen and oxygen atoms in total. The van der Waals surface area contributed by atoms with Crippen LogP contribution >= 0.6 is 0 Å². The van der Waals surface area contributed by atoms with Gasteiger partial charge in [0.15, 0.2) is 5.43 Å². The van der Waals surface area contributed by atoms with Crippen molar-refractivity contribution in [3.05, 3.63) is 58.8 Å². The van der Waals surface area contributed by atoms with Gasteiger partial charge in [-0.3, -0.25) is 4.79 Å². The zero-order chi connectivity index (χ0) is 18.2. The summed E-state index contributed by atoms with van der Waals surface area (Å²) in [7, 11) is 0. The first-order valence-electron chi connectivity index (χ1n) is 9.72. The number of hydrogen-bond acceptors (Lipinski definition) is 4. The lowest BCUT2D eigenvalue weighted by Gasteiger charge is -2.25. The summed E-state index contributed by atoms with van der Waals surface area (Å²) < 4.78 is 0. The zero-order valence-electron chi connectivity index (χ0n) is 15.3. The smallest absolute Gasteiger partial charge is 0.194 e. The highest BCUT2D eigenvalue weighted by Crippen LogP contribution is 2.25. The van der Waals surface area contributed by atoms with E-state index in [1.165, 1.54) is 32.4 Å². The maximum Gasteiger partial charge on any atom is 0.194 e. The Morgan fingerprint density at radius 2 is 1.22 bits per heavy atom. The molecule has 5 rings (SSSR count). The number of aromatic nitrogens is 3. The molecule has 4 aromatic rings. The summed E-state index contributed by atoms with van der Waals surface area (Å²) in [4.78, 5) is 17.3. The van der Waals surface area contributed by atoms with Crippen LogP contribution in [-0.2, 0) is 6.54 Å². The quantitative estimate of drug-likeness (QED) is 0.562. The summed E-state index contributed by atoms with van der Waals surface area (Å²) in [5.74, 6) is 0. The second-order valence-corrected chi connectivity index (χ2v) is 7.32. The van der Waals surface area contributed by atoms with E-state index in [0.29, 0.717) is 10.8 Å². The van der Waals surface area contributed by atoms with Crippen LogP contribution in [-0.4, -0.2) is 39.5 Å². The number of likely N-dealkylation sites (tertiary alicyclic amines) is 1. The van der Waals surface area contributed by atoms with Gasteiger partial charge in [0.1, 0.15) is 11.0 Å². The van der Waals surface area contributed by atoms with Gasteiger partial charge in [-0.25, -0.2) is 0 Å². The maximum atomic E-state index is 13.0. The molecule has 0 saturated carbocycles. The van der Waals surface area contributed by atoms with Crippen LogP contribution in [0.4, 0.5) is 0 Å². The number of nitrogens with zero attached hydrogens (tertiary/aromatic N) is 4. The highest BCUT2D eigenvalue weighted by Gasteiger charge is 2.14. The molecule has 1 fully saturated rings. The van der Waals surface area contributed by atoms with E-state index in [-0.39, 0.29) is 5.43 Å². The van der Waals surface area contributed by atoms with Crippen molar-refractivity contribution in [2.24, 2.45) is 0 Å². The average Bonchev–Trinajstić information content (AvgIpc) is 3.13. The molecule has 1 aromatic heterocycles. The van der Waals surface area contributed by atoms with Gasteiger partial charge in [0.25, 0.3) is 0 Å². The van der Waals surface area contributed by atoms with E-state index in [4.69, 9.17) is 10.2 Å². The highest BCUT2D eigenvalue weighted by molar-refractivity contribution is 6.13. The second kappa shape index (κ2) is 6.74. The van der Waals surface area contributed by atoms with Gasteiger partial charge >= 0.3 is 0 Å². The first-order chi connectivity index (χ1) is 13.3. The lowest BCUT2D eigenvalue weighted by molar-refractivity contribution is 0.214. The average molecular weight is 358 g/mol. The minimum atomic E-state index is 0.0425. The van der Waals surface area contributed by atoms with E-state index in [9.17, 15) is 4.79 Å². The van der Waals surface area contributed by atoms with Crippen LogP contribution < -0.4 is 5.43 Å². The van der Waals surface area contributed by atoms with Gasteiger partial charge in [-0.05, 0) is 25.9 Å². The van der Waals surface area contributed by atoms with Gasteiger partial charge in [-0.2, -0.15) is 15.0 Å². The first-order valence-corrected chi connectivity index (χ1v) is 9.72. The van der Waals surface area contributed by atoms with Crippen LogP contribution in [0.25, 0.3) is 32.6 Å². The molecule has 0 spiro atoms. The Morgan fingerprint density at radius 3 is 1.78 bits per heavy atom. The molecule has 0 bridgehead atoms. The standard InChI is InChI=1S/C22H22N4O/c27-22-18-10-4-2-8-16(18)20-21(17-9-3-5-11-19(17)22)24-26(23-20)15-14-25-12-6-1-7-13-25/h2-5,8-11H,1,6-7,12-15H2. The summed E-state index contributed by atoms with van der Waals surface area (Å²) in [6.45, 7) is 4.07. The first kappa shape index (κ1) is 16.4. The minimum Gasteiger partial charge on any atom is -0.301 e. The van der Waals surface area contributed by atoms with Crippen molar-refractivity contribution in [2.75, 3.05) is 19.6 Å². The Bertz CT molecular complexity index is 1110. The predicted molar refractivity (Wildman–Crippen MR) is 109 cm³/mol. The minimum absolute atomic E-state index is 0.0425. The topological polar surface area (TPSA) is 51.0 Å². The molecule has 0 atom stereocenters. The van der Waals surface area contributed by atoms with Crippen molar-refractivity contribution in [1.82, 2.24) is 19.9 Å². The molecule has 1 aliphatic rings. The van der Waals surface area contributed by atoms with E-state index in [0.717, 1.165) is 34.9 Å². The fourth-order valence-electron chi connectivity index (χ4n) is 4.14. The molecule has 0 radical (unpaired) electrons. The van der Waals surface area contributed by atoms with Gasteiger partial charge < -0.3 is 4.90 Å². The number of rotatable bonds is 3. The fraction of sp³-hybridized carbons (Fsp3) is 0.318. The molecular weight excluding hydrogens is 336 g/mol. The molecule has 27 heavy (non-hydrogen) atoms. The van der Waals surface area contributed by atoms with Crippen molar-refractivity contribution in [3.63, 3.8) is 0 Å². The van der Waals surface area contributed by atoms with Crippen molar-refractivity contribution in [3.8, 4) is 0 Å². The monoisotopic (exact) mass is 358 g/mol. The third-order valence-electron chi connectivity index (χ3n) is 5.57. The molecule has 3 aromatic carbocycles. The van der Waals surface area contributed by atoms with E-state index < -0.39 is 0 Å². The molecule has 0 amide bonds. The molecule has 0 aliphatic carbocycles. The van der Waals surface area contributed by atoms with Crippen molar-refractivity contribution < 1.29 is 0 Å². The van der Waals surface area contributed by atoms with Gasteiger partial charge in [0.2, 0.25) is 0 Å². The number of hydrogen-bond donors (Lipinski definition) is 0. The van der Waals surface area contributed by atoms with Crippen LogP contribution in [0.2, 0.25) is 0 Å². The molecule has 1 aliphatic heterocycles. The largest absolute Gasteiger partial charge is 0.301 e. The second-order valence-electron chi connectivity index (χ2n) is 7.32. The number of benzene rings is 2. The van der Waals surface area contributed by atoms with Crippen LogP contribution in [0.15, 0.2) is 53.3 Å². The highest BCUT2D eigenvalue weighted by atomic mass is 16.1. The molecule has 5 heteroatoms. The van der Waals surface area contributed by atoms with Gasteiger partial charge in [-0.15, -0.1) is 0 Å². The van der Waals surface area contributed by atoms with Crippen LogP contribution in [0, 0.1) is 0 Å². The molecule has 0 unspecified atom stereocenters. The van der Waals surface area contributed by atoms with Crippen molar-refractivity contribution >= 4 is 32.6 Å². The van der Waals surface area contributed by atoms with E-state index >= 15 is 0 Å². The number of fused-ring (bicyclic) bond motifs is 5. The van der Waals surface area contributed by atoms with Gasteiger partial charge in [0.05, 0.1) is 6.54 Å². The zero-order valence-corrected chi connectivity index (χ0v) is 15.3. The summed E-state index contributed by atoms with van der Waals surface area (Å²) in [5.41, 5.74) is 1.66. The van der Waals surface area contributed by atoms with Gasteiger partial charge in [0, 0.05) is 28.1 Å². The maximum absolute atomic E-state index is 13.0. The SMILES string of the molecule is O=c1c2ccccc2c2nn(CCN3CCCCC3)nc2c2ccccc12. The Balaban J connectivity index is 1.69. The lowest BCUT2D eigenvalue weighted by Crippen LogP contribution is -2.32. The Hall–Kier alpha value is -2.79. The van der Waals surface area contributed by atoms with E-state index in [1.807, 2.05) is 53.3 Å². The summed E-state index contributed by atoms with van der Waals surface area (Å²) in [6.07, 6.45) is 3.91. The molecule has 0 N–H and O–H groups in total. The van der Waals surface area contributed by atoms with Crippen LogP contribution in [0.3, 0.4) is 0 Å². The molecular formula is C22H22N4O. The third-order valence-corrected chi connectivity index (χ3v) is 5.57. The van der Waals surface area contributed by atoms with Crippen LogP contribution in [0.5, 0.6) is 0 Å².